The topological polar surface area (TPSA) is 75.3 Å². The Labute approximate surface area is 60.4 Å². The van der Waals surface area contributed by atoms with E-state index in [-0.39, 0.29) is 6.10 Å². The number of carbonyl (C=O) groups is 1. The van der Waals surface area contributed by atoms with Crippen molar-refractivity contribution in [3.05, 3.63) is 0 Å². The van der Waals surface area contributed by atoms with E-state index in [0.717, 1.165) is 0 Å². The standard InChI is InChI=1S/C6H14N2O2/c1-2-5(9)3-4-8-6(7)10/h5,9H,2-4H2,1H3,(H3,7,8,10). The first-order chi connectivity index (χ1) is 4.66. The van der Waals surface area contributed by atoms with E-state index in [9.17, 15) is 4.79 Å². The Bertz CT molecular complexity index is 106. The zero-order chi connectivity index (χ0) is 7.98. The number of amides is 2. The highest BCUT2D eigenvalue weighted by atomic mass is 16.3. The molecular weight excluding hydrogens is 132 g/mol. The van der Waals surface area contributed by atoms with Crippen molar-refractivity contribution < 1.29 is 9.90 Å². The van der Waals surface area contributed by atoms with Gasteiger partial charge in [-0.05, 0) is 12.8 Å². The molecule has 0 aromatic heterocycles. The molecule has 0 heterocycles. The molecular formula is C6H14N2O2. The van der Waals surface area contributed by atoms with Crippen LogP contribution in [0.4, 0.5) is 4.79 Å². The van der Waals surface area contributed by atoms with E-state index >= 15 is 0 Å². The van der Waals surface area contributed by atoms with Gasteiger partial charge in [0.15, 0.2) is 0 Å². The van der Waals surface area contributed by atoms with Gasteiger partial charge in [-0.2, -0.15) is 0 Å². The van der Waals surface area contributed by atoms with E-state index in [1.807, 2.05) is 6.92 Å². The summed E-state index contributed by atoms with van der Waals surface area (Å²) in [7, 11) is 0. The number of carbonyl (C=O) groups excluding carboxylic acids is 1. The second kappa shape index (κ2) is 5.05. The molecule has 4 nitrogen and oxygen atoms in total. The molecule has 0 rings (SSSR count). The molecule has 4 heteroatoms. The van der Waals surface area contributed by atoms with Gasteiger partial charge in [-0.3, -0.25) is 0 Å². The van der Waals surface area contributed by atoms with E-state index < -0.39 is 6.03 Å². The number of hydrogen-bond acceptors (Lipinski definition) is 2. The average molecular weight is 146 g/mol. The molecule has 0 saturated heterocycles. The lowest BCUT2D eigenvalue weighted by atomic mass is 10.2. The van der Waals surface area contributed by atoms with Crippen LogP contribution in [0.3, 0.4) is 0 Å². The van der Waals surface area contributed by atoms with Crippen LogP contribution in [0.25, 0.3) is 0 Å². The minimum Gasteiger partial charge on any atom is -0.393 e. The van der Waals surface area contributed by atoms with Crippen LogP contribution in [0.1, 0.15) is 19.8 Å². The number of rotatable bonds is 4. The lowest BCUT2D eigenvalue weighted by Gasteiger charge is -2.06. The molecule has 0 aliphatic rings. The molecule has 0 fully saturated rings. The molecule has 0 bridgehead atoms. The van der Waals surface area contributed by atoms with Gasteiger partial charge in [-0.1, -0.05) is 6.92 Å². The Morgan fingerprint density at radius 2 is 2.40 bits per heavy atom. The van der Waals surface area contributed by atoms with E-state index in [2.05, 4.69) is 5.32 Å². The molecule has 1 atom stereocenters. The van der Waals surface area contributed by atoms with Gasteiger partial charge < -0.3 is 16.2 Å². The fraction of sp³-hybridized carbons (Fsp3) is 0.833. The molecule has 1 unspecified atom stereocenters. The van der Waals surface area contributed by atoms with Crippen LogP contribution in [-0.2, 0) is 0 Å². The number of nitrogens with two attached hydrogens (primary N) is 1. The van der Waals surface area contributed by atoms with Crippen molar-refractivity contribution in [2.24, 2.45) is 5.73 Å². The van der Waals surface area contributed by atoms with Gasteiger partial charge in [0.1, 0.15) is 0 Å². The molecule has 0 aromatic carbocycles. The normalized spacial score (nSPS) is 12.6. The van der Waals surface area contributed by atoms with Crippen LogP contribution in [0, 0.1) is 0 Å². The van der Waals surface area contributed by atoms with Crippen molar-refractivity contribution in [1.82, 2.24) is 5.32 Å². The van der Waals surface area contributed by atoms with Crippen LogP contribution in [0.15, 0.2) is 0 Å². The summed E-state index contributed by atoms with van der Waals surface area (Å²) in [6.45, 7) is 2.33. The third-order valence-electron chi connectivity index (χ3n) is 1.25. The van der Waals surface area contributed by atoms with Crippen LogP contribution in [0.2, 0.25) is 0 Å². The maximum Gasteiger partial charge on any atom is 0.312 e. The number of hydrogen-bond donors (Lipinski definition) is 3. The molecule has 60 valence electrons. The Morgan fingerprint density at radius 3 is 2.80 bits per heavy atom. The van der Waals surface area contributed by atoms with Crippen molar-refractivity contribution in [2.75, 3.05) is 6.54 Å². The number of urea groups is 1. The summed E-state index contributed by atoms with van der Waals surface area (Å²) in [4.78, 5) is 10.1. The summed E-state index contributed by atoms with van der Waals surface area (Å²) in [6.07, 6.45) is 0.951. The average Bonchev–Trinajstić information content (AvgIpc) is 1.87. The quantitative estimate of drug-likeness (QED) is 0.514. The lowest BCUT2D eigenvalue weighted by Crippen LogP contribution is -2.31. The number of aliphatic hydroxyl groups excluding tert-OH is 1. The zero-order valence-corrected chi connectivity index (χ0v) is 6.13. The number of nitrogens with one attached hydrogen (secondary N) is 1. The Balaban J connectivity index is 3.11. The van der Waals surface area contributed by atoms with Gasteiger partial charge in [0.2, 0.25) is 0 Å². The molecule has 0 aliphatic carbocycles. The van der Waals surface area contributed by atoms with Gasteiger partial charge in [-0.15, -0.1) is 0 Å². The molecule has 0 aromatic rings. The van der Waals surface area contributed by atoms with Gasteiger partial charge in [0.05, 0.1) is 6.10 Å². The monoisotopic (exact) mass is 146 g/mol. The highest BCUT2D eigenvalue weighted by Gasteiger charge is 1.99. The maximum absolute atomic E-state index is 10.1. The lowest BCUT2D eigenvalue weighted by molar-refractivity contribution is 0.160. The smallest absolute Gasteiger partial charge is 0.312 e. The third-order valence-corrected chi connectivity index (χ3v) is 1.25. The largest absolute Gasteiger partial charge is 0.393 e. The summed E-state index contributed by atoms with van der Waals surface area (Å²) < 4.78 is 0. The molecule has 0 spiro atoms. The van der Waals surface area contributed by atoms with Gasteiger partial charge in [0.25, 0.3) is 0 Å². The number of primary amides is 1. The van der Waals surface area contributed by atoms with Crippen molar-refractivity contribution in [2.45, 2.75) is 25.9 Å². The summed E-state index contributed by atoms with van der Waals surface area (Å²) in [5.41, 5.74) is 4.79. The van der Waals surface area contributed by atoms with Gasteiger partial charge in [0, 0.05) is 6.54 Å². The van der Waals surface area contributed by atoms with E-state index in [1.54, 1.807) is 0 Å². The highest BCUT2D eigenvalue weighted by Crippen LogP contribution is 1.93. The third kappa shape index (κ3) is 5.37. The van der Waals surface area contributed by atoms with Crippen LogP contribution in [-0.4, -0.2) is 23.8 Å². The van der Waals surface area contributed by atoms with Crippen molar-refractivity contribution in [3.8, 4) is 0 Å². The molecule has 4 N–H and O–H groups in total. The molecule has 0 aliphatic heterocycles. The minimum absolute atomic E-state index is 0.327. The first-order valence-corrected chi connectivity index (χ1v) is 3.38. The molecule has 2 amide bonds. The van der Waals surface area contributed by atoms with Gasteiger partial charge >= 0.3 is 6.03 Å². The zero-order valence-electron chi connectivity index (χ0n) is 6.13. The second-order valence-electron chi connectivity index (χ2n) is 2.14. The van der Waals surface area contributed by atoms with Crippen LogP contribution < -0.4 is 11.1 Å². The number of aliphatic hydroxyl groups is 1. The van der Waals surface area contributed by atoms with Crippen molar-refractivity contribution in [1.29, 1.82) is 0 Å². The van der Waals surface area contributed by atoms with Crippen molar-refractivity contribution >= 4 is 6.03 Å². The highest BCUT2D eigenvalue weighted by molar-refractivity contribution is 5.71. The van der Waals surface area contributed by atoms with E-state index in [1.165, 1.54) is 0 Å². The Hall–Kier alpha value is -0.770. The predicted molar refractivity (Wildman–Crippen MR) is 38.5 cm³/mol. The van der Waals surface area contributed by atoms with E-state index in [4.69, 9.17) is 10.8 Å². The second-order valence-corrected chi connectivity index (χ2v) is 2.14. The molecule has 10 heavy (non-hydrogen) atoms. The Morgan fingerprint density at radius 1 is 1.80 bits per heavy atom. The van der Waals surface area contributed by atoms with Crippen molar-refractivity contribution in [3.63, 3.8) is 0 Å². The fourth-order valence-electron chi connectivity index (χ4n) is 0.566. The first-order valence-electron chi connectivity index (χ1n) is 3.38. The summed E-state index contributed by atoms with van der Waals surface area (Å²) in [6, 6.07) is -0.539. The van der Waals surface area contributed by atoms with Gasteiger partial charge in [-0.25, -0.2) is 4.79 Å². The summed E-state index contributed by atoms with van der Waals surface area (Å²) >= 11 is 0. The molecule has 0 saturated carbocycles. The molecule has 0 radical (unpaired) electrons. The predicted octanol–water partition coefficient (Wildman–Crippen LogP) is -0.184. The van der Waals surface area contributed by atoms with Crippen LogP contribution >= 0.6 is 0 Å². The summed E-state index contributed by atoms with van der Waals surface area (Å²) in [5, 5.41) is 11.4. The minimum atomic E-state index is -0.539. The first kappa shape index (κ1) is 9.23. The fourth-order valence-corrected chi connectivity index (χ4v) is 0.566. The maximum atomic E-state index is 10.1. The van der Waals surface area contributed by atoms with Crippen LogP contribution in [0.5, 0.6) is 0 Å². The van der Waals surface area contributed by atoms with E-state index in [0.29, 0.717) is 19.4 Å². The SMILES string of the molecule is CCC(O)CCNC(N)=O. The summed E-state index contributed by atoms with van der Waals surface area (Å²) in [5.74, 6) is 0. The Kier molecular flexibility index (Phi) is 4.66.